The van der Waals surface area contributed by atoms with Crippen molar-refractivity contribution in [2.75, 3.05) is 5.88 Å². The van der Waals surface area contributed by atoms with Crippen LogP contribution in [0, 0.1) is 0 Å². The molecule has 0 bridgehead atoms. The van der Waals surface area contributed by atoms with Crippen LogP contribution in [0.1, 0.15) is 30.4 Å². The number of carbonyl (C=O) groups excluding carboxylic acids is 1. The molecule has 0 fully saturated rings. The van der Waals surface area contributed by atoms with E-state index in [2.05, 4.69) is 5.32 Å². The van der Waals surface area contributed by atoms with Crippen molar-refractivity contribution in [1.29, 1.82) is 0 Å². The van der Waals surface area contributed by atoms with Crippen LogP contribution in [0.15, 0.2) is 24.3 Å². The third kappa shape index (κ3) is 5.96. The van der Waals surface area contributed by atoms with E-state index >= 15 is 0 Å². The van der Waals surface area contributed by atoms with Crippen molar-refractivity contribution in [3.63, 3.8) is 0 Å². The molecule has 1 N–H and O–H groups in total. The maximum absolute atomic E-state index is 12.5. The van der Waals surface area contributed by atoms with Crippen LogP contribution in [0.3, 0.4) is 0 Å². The number of halogens is 4. The van der Waals surface area contributed by atoms with Gasteiger partial charge in [0.15, 0.2) is 0 Å². The monoisotopic (exact) mass is 293 g/mol. The molecule has 1 amide bonds. The lowest BCUT2D eigenvalue weighted by atomic mass is 10.1. The van der Waals surface area contributed by atoms with Gasteiger partial charge in [-0.3, -0.25) is 4.79 Å². The molecule has 0 atom stereocenters. The molecule has 6 heteroatoms. The number of hydrogen-bond acceptors (Lipinski definition) is 1. The zero-order chi connectivity index (χ0) is 14.3. The van der Waals surface area contributed by atoms with E-state index in [1.165, 1.54) is 6.07 Å². The van der Waals surface area contributed by atoms with E-state index in [0.717, 1.165) is 18.6 Å². The van der Waals surface area contributed by atoms with E-state index < -0.39 is 11.7 Å². The molecule has 0 aromatic heterocycles. The summed E-state index contributed by atoms with van der Waals surface area (Å²) < 4.78 is 37.4. The number of unbranched alkanes of at least 4 members (excludes halogenated alkanes) is 1. The summed E-state index contributed by atoms with van der Waals surface area (Å²) in [6.45, 7) is 0.101. The van der Waals surface area contributed by atoms with Crippen LogP contribution in [0.25, 0.3) is 0 Å². The van der Waals surface area contributed by atoms with E-state index in [9.17, 15) is 18.0 Å². The predicted octanol–water partition coefficient (Wildman–Crippen LogP) is 3.73. The van der Waals surface area contributed by atoms with Gasteiger partial charge >= 0.3 is 6.18 Å². The lowest BCUT2D eigenvalue weighted by Crippen LogP contribution is -2.22. The minimum Gasteiger partial charge on any atom is -0.352 e. The lowest BCUT2D eigenvalue weighted by Gasteiger charge is -2.09. The number of carbonyl (C=O) groups is 1. The normalized spacial score (nSPS) is 11.4. The molecule has 0 spiro atoms. The Kier molecular flexibility index (Phi) is 6.15. The first kappa shape index (κ1) is 15.8. The van der Waals surface area contributed by atoms with Crippen molar-refractivity contribution in [2.24, 2.45) is 0 Å². The van der Waals surface area contributed by atoms with Gasteiger partial charge in [-0.25, -0.2) is 0 Å². The average Bonchev–Trinajstić information content (AvgIpc) is 2.36. The molecule has 0 saturated carbocycles. The molecule has 1 rings (SSSR count). The average molecular weight is 294 g/mol. The highest BCUT2D eigenvalue weighted by molar-refractivity contribution is 6.17. The molecular formula is C13H15ClF3NO. The van der Waals surface area contributed by atoms with E-state index in [-0.39, 0.29) is 12.5 Å². The highest BCUT2D eigenvalue weighted by atomic mass is 35.5. The van der Waals surface area contributed by atoms with Crippen LogP contribution in [0.5, 0.6) is 0 Å². The number of alkyl halides is 4. The third-order valence-electron chi connectivity index (χ3n) is 2.53. The van der Waals surface area contributed by atoms with Crippen molar-refractivity contribution >= 4 is 17.5 Å². The van der Waals surface area contributed by atoms with Crippen molar-refractivity contribution in [3.8, 4) is 0 Å². The molecule has 1 aromatic carbocycles. The quantitative estimate of drug-likeness (QED) is 0.628. The van der Waals surface area contributed by atoms with E-state index in [0.29, 0.717) is 24.3 Å². The molecule has 1 aromatic rings. The Morgan fingerprint density at radius 3 is 2.63 bits per heavy atom. The van der Waals surface area contributed by atoms with Crippen molar-refractivity contribution < 1.29 is 18.0 Å². The Balaban J connectivity index is 2.47. The molecule has 0 aliphatic heterocycles. The van der Waals surface area contributed by atoms with Gasteiger partial charge in [-0.05, 0) is 30.5 Å². The van der Waals surface area contributed by atoms with Crippen molar-refractivity contribution in [2.45, 2.75) is 32.0 Å². The molecule has 106 valence electrons. The first-order valence-electron chi connectivity index (χ1n) is 5.92. The molecule has 0 unspecified atom stereocenters. The van der Waals surface area contributed by atoms with Crippen LogP contribution >= 0.6 is 11.6 Å². The molecular weight excluding hydrogens is 279 g/mol. The van der Waals surface area contributed by atoms with Gasteiger partial charge in [-0.15, -0.1) is 11.6 Å². The van der Waals surface area contributed by atoms with Gasteiger partial charge in [0.2, 0.25) is 5.91 Å². The number of rotatable bonds is 6. The van der Waals surface area contributed by atoms with Crippen LogP contribution in [0.2, 0.25) is 0 Å². The molecule has 0 radical (unpaired) electrons. The standard InChI is InChI=1S/C13H15ClF3NO/c14-7-2-1-6-12(19)18-9-10-4-3-5-11(8-10)13(15,16)17/h3-5,8H,1-2,6-7,9H2,(H,18,19). The number of amides is 1. The molecule has 0 aliphatic rings. The Morgan fingerprint density at radius 1 is 1.26 bits per heavy atom. The smallest absolute Gasteiger partial charge is 0.352 e. The summed E-state index contributed by atoms with van der Waals surface area (Å²) in [7, 11) is 0. The van der Waals surface area contributed by atoms with Gasteiger partial charge in [-0.2, -0.15) is 13.2 Å². The molecule has 0 aliphatic carbocycles. The second kappa shape index (κ2) is 7.38. The van der Waals surface area contributed by atoms with E-state index in [1.54, 1.807) is 6.07 Å². The summed E-state index contributed by atoms with van der Waals surface area (Å²) in [6, 6.07) is 4.93. The van der Waals surface area contributed by atoms with Crippen molar-refractivity contribution in [3.05, 3.63) is 35.4 Å². The second-order valence-corrected chi connectivity index (χ2v) is 4.50. The SMILES string of the molecule is O=C(CCCCCl)NCc1cccc(C(F)(F)F)c1. The van der Waals surface area contributed by atoms with Gasteiger partial charge in [0, 0.05) is 18.8 Å². The number of benzene rings is 1. The van der Waals surface area contributed by atoms with Gasteiger partial charge in [0.1, 0.15) is 0 Å². The Morgan fingerprint density at radius 2 is 2.00 bits per heavy atom. The minimum atomic E-state index is -4.36. The van der Waals surface area contributed by atoms with Crippen LogP contribution in [-0.2, 0) is 17.5 Å². The summed E-state index contributed by atoms with van der Waals surface area (Å²) in [4.78, 5) is 11.4. The maximum atomic E-state index is 12.5. The van der Waals surface area contributed by atoms with Gasteiger partial charge in [-0.1, -0.05) is 12.1 Å². The third-order valence-corrected chi connectivity index (χ3v) is 2.80. The zero-order valence-corrected chi connectivity index (χ0v) is 11.0. The van der Waals surface area contributed by atoms with Gasteiger partial charge < -0.3 is 5.32 Å². The first-order valence-corrected chi connectivity index (χ1v) is 6.45. The molecule has 2 nitrogen and oxygen atoms in total. The van der Waals surface area contributed by atoms with Crippen molar-refractivity contribution in [1.82, 2.24) is 5.32 Å². The summed E-state index contributed by atoms with van der Waals surface area (Å²) in [6.07, 6.45) is -2.59. The largest absolute Gasteiger partial charge is 0.416 e. The fourth-order valence-electron chi connectivity index (χ4n) is 1.53. The maximum Gasteiger partial charge on any atom is 0.416 e. The number of nitrogens with one attached hydrogen (secondary N) is 1. The summed E-state index contributed by atoms with van der Waals surface area (Å²) in [5, 5.41) is 2.59. The highest BCUT2D eigenvalue weighted by Gasteiger charge is 2.30. The lowest BCUT2D eigenvalue weighted by molar-refractivity contribution is -0.137. The summed E-state index contributed by atoms with van der Waals surface area (Å²) >= 11 is 5.48. The Bertz CT molecular complexity index is 421. The fraction of sp³-hybridized carbons (Fsp3) is 0.462. The topological polar surface area (TPSA) is 29.1 Å². The Hall–Kier alpha value is -1.23. The second-order valence-electron chi connectivity index (χ2n) is 4.12. The zero-order valence-electron chi connectivity index (χ0n) is 10.3. The summed E-state index contributed by atoms with van der Waals surface area (Å²) in [5.74, 6) is 0.323. The van der Waals surface area contributed by atoms with E-state index in [1.807, 2.05) is 0 Å². The molecule has 19 heavy (non-hydrogen) atoms. The molecule has 0 heterocycles. The van der Waals surface area contributed by atoms with Gasteiger partial charge in [0.05, 0.1) is 5.56 Å². The number of hydrogen-bond donors (Lipinski definition) is 1. The van der Waals surface area contributed by atoms with Crippen LogP contribution in [-0.4, -0.2) is 11.8 Å². The van der Waals surface area contributed by atoms with Crippen LogP contribution in [0.4, 0.5) is 13.2 Å². The highest BCUT2D eigenvalue weighted by Crippen LogP contribution is 2.29. The predicted molar refractivity (Wildman–Crippen MR) is 67.9 cm³/mol. The molecule has 0 saturated heterocycles. The Labute approximate surface area is 114 Å². The van der Waals surface area contributed by atoms with Gasteiger partial charge in [0.25, 0.3) is 0 Å². The summed E-state index contributed by atoms with van der Waals surface area (Å²) in [5.41, 5.74) is -0.276. The first-order chi connectivity index (χ1) is 8.93. The minimum absolute atomic E-state index is 0.101. The van der Waals surface area contributed by atoms with E-state index in [4.69, 9.17) is 11.6 Å². The van der Waals surface area contributed by atoms with Crippen LogP contribution < -0.4 is 5.32 Å². The fourth-order valence-corrected chi connectivity index (χ4v) is 1.72.